The molecule has 0 rings (SSSR count). The summed E-state index contributed by atoms with van der Waals surface area (Å²) in [5, 5.41) is -5.90. The summed E-state index contributed by atoms with van der Waals surface area (Å²) in [6.45, 7) is 2.59. The van der Waals surface area contributed by atoms with Gasteiger partial charge in [0.15, 0.2) is 0 Å². The van der Waals surface area contributed by atoms with Crippen molar-refractivity contribution in [2.75, 3.05) is 24.6 Å². The molecule has 0 aliphatic carbocycles. The first-order valence-electron chi connectivity index (χ1n) is 6.17. The number of rotatable bonds is 7. The molecular weight excluding hydrogens is 326 g/mol. The normalized spacial score (nSPS) is 16.8. The number of alkyl halides is 5. The molecule has 0 aromatic carbocycles. The van der Waals surface area contributed by atoms with Crippen molar-refractivity contribution in [1.29, 1.82) is 0 Å². The second kappa shape index (κ2) is 5.65. The number of hydrogen-bond acceptors (Lipinski definition) is 3. The summed E-state index contributed by atoms with van der Waals surface area (Å²) >= 11 is 0. The molecule has 0 unspecified atom stereocenters. The van der Waals surface area contributed by atoms with Gasteiger partial charge in [-0.3, -0.25) is 0 Å². The Bertz CT molecular complexity index is 419. The van der Waals surface area contributed by atoms with Crippen molar-refractivity contribution in [3.8, 4) is 0 Å². The van der Waals surface area contributed by atoms with Gasteiger partial charge in [0.25, 0.3) is 0 Å². The summed E-state index contributed by atoms with van der Waals surface area (Å²) in [4.78, 5) is 0. The van der Waals surface area contributed by atoms with Gasteiger partial charge in [0.1, 0.15) is 0 Å². The first-order chi connectivity index (χ1) is 8.76. The van der Waals surface area contributed by atoms with Gasteiger partial charge in [-0.05, 0) is 0 Å². The predicted octanol–water partition coefficient (Wildman–Crippen LogP) is 4.04. The SMILES string of the molecule is CCP(CC)(CC)(CC)OS(=O)(=O)C(F)(F)C(F)(F)F. The number of hydrogen-bond donors (Lipinski definition) is 0. The van der Waals surface area contributed by atoms with Crippen molar-refractivity contribution < 1.29 is 34.3 Å². The van der Waals surface area contributed by atoms with Crippen LogP contribution in [0.2, 0.25) is 0 Å². The summed E-state index contributed by atoms with van der Waals surface area (Å²) in [7, 11) is -6.08. The summed E-state index contributed by atoms with van der Waals surface area (Å²) in [6.07, 6.45) is -5.69. The van der Waals surface area contributed by atoms with Gasteiger partial charge in [0.05, 0.1) is 0 Å². The van der Waals surface area contributed by atoms with Gasteiger partial charge < -0.3 is 0 Å². The molecule has 0 aromatic rings. The van der Waals surface area contributed by atoms with Gasteiger partial charge in [-0.15, -0.1) is 0 Å². The van der Waals surface area contributed by atoms with Gasteiger partial charge in [-0.1, -0.05) is 0 Å². The van der Waals surface area contributed by atoms with E-state index in [-0.39, 0.29) is 24.6 Å². The Kier molecular flexibility index (Phi) is 5.64. The minimum atomic E-state index is -6.20. The van der Waals surface area contributed by atoms with E-state index in [9.17, 15) is 30.4 Å². The molecule has 0 spiro atoms. The van der Waals surface area contributed by atoms with E-state index in [1.54, 1.807) is 27.7 Å². The van der Waals surface area contributed by atoms with Crippen LogP contribution in [0.3, 0.4) is 0 Å². The average Bonchev–Trinajstić information content (AvgIpc) is 2.35. The van der Waals surface area contributed by atoms with E-state index >= 15 is 0 Å². The predicted molar refractivity (Wildman–Crippen MR) is 70.1 cm³/mol. The zero-order chi connectivity index (χ0) is 16.5. The molecule has 0 bridgehead atoms. The molecule has 20 heavy (non-hydrogen) atoms. The third-order valence-electron chi connectivity index (χ3n) is 4.15. The van der Waals surface area contributed by atoms with Crippen molar-refractivity contribution in [1.82, 2.24) is 0 Å². The molecule has 0 atom stereocenters. The summed E-state index contributed by atoms with van der Waals surface area (Å²) < 4.78 is 90.6. The Labute approximate surface area is 116 Å². The Morgan fingerprint density at radius 3 is 1.35 bits per heavy atom. The first-order valence-corrected chi connectivity index (χ1v) is 10.5. The summed E-state index contributed by atoms with van der Waals surface area (Å²) in [6, 6.07) is 0. The molecule has 3 nitrogen and oxygen atoms in total. The Balaban J connectivity index is 5.92. The molecule has 0 aliphatic rings. The van der Waals surface area contributed by atoms with Gasteiger partial charge in [0.2, 0.25) is 0 Å². The zero-order valence-corrected chi connectivity index (χ0v) is 13.5. The summed E-state index contributed by atoms with van der Waals surface area (Å²) in [5.74, 6) is 0. The fraction of sp³-hybridized carbons (Fsp3) is 1.00. The quantitative estimate of drug-likeness (QED) is 0.516. The van der Waals surface area contributed by atoms with Crippen LogP contribution in [0, 0.1) is 0 Å². The van der Waals surface area contributed by atoms with Crippen molar-refractivity contribution in [2.24, 2.45) is 0 Å². The molecule has 0 N–H and O–H groups in total. The van der Waals surface area contributed by atoms with Gasteiger partial charge >= 0.3 is 115 Å². The van der Waals surface area contributed by atoms with Crippen LogP contribution < -0.4 is 0 Å². The monoisotopic (exact) mass is 346 g/mol. The molecule has 124 valence electrons. The van der Waals surface area contributed by atoms with E-state index in [4.69, 9.17) is 0 Å². The van der Waals surface area contributed by atoms with Crippen LogP contribution in [0.25, 0.3) is 0 Å². The molecular formula is C10H20F5O3PS. The van der Waals surface area contributed by atoms with Crippen LogP contribution in [0.15, 0.2) is 0 Å². The Morgan fingerprint density at radius 1 is 0.850 bits per heavy atom. The molecule has 10 heteroatoms. The standard InChI is InChI=1S/C10H20F5O3PS/c1-5-19(6-2,7-3,8-4)18-20(16,17)10(14,15)9(11,12)13/h5-8H2,1-4H3. The van der Waals surface area contributed by atoms with E-state index in [1.807, 2.05) is 0 Å². The van der Waals surface area contributed by atoms with Crippen molar-refractivity contribution >= 4 is 16.9 Å². The van der Waals surface area contributed by atoms with Crippen LogP contribution in [0.4, 0.5) is 22.0 Å². The van der Waals surface area contributed by atoms with Crippen LogP contribution in [-0.4, -0.2) is 44.5 Å². The molecule has 0 saturated heterocycles. The Morgan fingerprint density at radius 2 is 1.15 bits per heavy atom. The molecule has 0 aromatic heterocycles. The maximum absolute atomic E-state index is 13.1. The third kappa shape index (κ3) is 3.09. The van der Waals surface area contributed by atoms with Crippen molar-refractivity contribution in [3.05, 3.63) is 0 Å². The fourth-order valence-electron chi connectivity index (χ4n) is 2.02. The number of halogens is 5. The first kappa shape index (κ1) is 20.0. The zero-order valence-electron chi connectivity index (χ0n) is 11.8. The second-order valence-electron chi connectivity index (χ2n) is 4.67. The van der Waals surface area contributed by atoms with Gasteiger partial charge in [-0.2, -0.15) is 0 Å². The molecule has 0 radical (unpaired) electrons. The minimum absolute atomic E-state index is 0.127. The van der Waals surface area contributed by atoms with Gasteiger partial charge in [0, 0.05) is 0 Å². The van der Waals surface area contributed by atoms with Crippen LogP contribution >= 0.6 is 6.83 Å². The molecule has 0 amide bonds. The fourth-order valence-corrected chi connectivity index (χ4v) is 9.27. The average molecular weight is 346 g/mol. The molecule has 0 fully saturated rings. The van der Waals surface area contributed by atoms with E-state index in [0.717, 1.165) is 0 Å². The van der Waals surface area contributed by atoms with E-state index in [1.165, 1.54) is 0 Å². The molecule has 0 aliphatic heterocycles. The topological polar surface area (TPSA) is 43.4 Å². The third-order valence-corrected chi connectivity index (χ3v) is 13.9. The molecule has 0 saturated carbocycles. The Hall–Kier alpha value is -0.0100. The van der Waals surface area contributed by atoms with E-state index in [0.29, 0.717) is 0 Å². The van der Waals surface area contributed by atoms with Crippen molar-refractivity contribution in [3.63, 3.8) is 0 Å². The maximum atomic E-state index is 13.1. The molecule has 0 heterocycles. The van der Waals surface area contributed by atoms with Crippen LogP contribution in [0.5, 0.6) is 0 Å². The van der Waals surface area contributed by atoms with E-state index < -0.39 is 28.4 Å². The van der Waals surface area contributed by atoms with Crippen molar-refractivity contribution in [2.45, 2.75) is 39.1 Å². The summed E-state index contributed by atoms with van der Waals surface area (Å²) in [5.41, 5.74) is 0. The van der Waals surface area contributed by atoms with Crippen LogP contribution in [0.1, 0.15) is 27.7 Å². The van der Waals surface area contributed by atoms with E-state index in [2.05, 4.69) is 3.97 Å². The second-order valence-corrected chi connectivity index (χ2v) is 12.9. The van der Waals surface area contributed by atoms with Gasteiger partial charge in [-0.25, -0.2) is 0 Å². The van der Waals surface area contributed by atoms with Crippen LogP contribution in [-0.2, 0) is 14.1 Å².